The Bertz CT molecular complexity index is 248. The van der Waals surface area contributed by atoms with Crippen LogP contribution in [0.3, 0.4) is 0 Å². The highest BCUT2D eigenvalue weighted by molar-refractivity contribution is 4.31. The van der Waals surface area contributed by atoms with Gasteiger partial charge in [-0.25, -0.2) is 0 Å². The minimum Gasteiger partial charge on any atom is -0.171 e. The molecular weight excluding hydrogens is 166 g/mol. The number of rotatable bonds is 4. The van der Waals surface area contributed by atoms with Crippen LogP contribution in [0.1, 0.15) is 0 Å². The fourth-order valence-electron chi connectivity index (χ4n) is 0.165. The monoisotopic (exact) mass is 169 g/mol. The van der Waals surface area contributed by atoms with E-state index in [4.69, 9.17) is 5.53 Å². The van der Waals surface area contributed by atoms with Crippen molar-refractivity contribution >= 4 is 0 Å². The molecule has 11 nitrogen and oxygen atoms in total. The number of hydrogen-bond donors (Lipinski definition) is 0. The molecule has 0 saturated carbocycles. The Morgan fingerprint density at radius 1 is 0.833 bits per heavy atom. The smallest absolute Gasteiger partial charge is 0.124 e. The first kappa shape index (κ1) is 9.71. The summed E-state index contributed by atoms with van der Waals surface area (Å²) in [7, 11) is 1.41. The summed E-state index contributed by atoms with van der Waals surface area (Å²) in [5.74, 6) is 0. The second kappa shape index (κ2) is 8.71. The second-order valence-corrected chi connectivity index (χ2v) is 1.00. The summed E-state index contributed by atoms with van der Waals surface area (Å²) in [5.41, 5.74) is 7.70. The van der Waals surface area contributed by atoms with Crippen LogP contribution in [0.2, 0.25) is 0 Å². The van der Waals surface area contributed by atoms with Gasteiger partial charge in [0, 0.05) is 10.4 Å². The lowest BCUT2D eigenvalue weighted by atomic mass is 11.6. The highest BCUT2D eigenvalue weighted by atomic mass is 15.7. The van der Waals surface area contributed by atoms with Crippen molar-refractivity contribution in [3.05, 3.63) is 10.4 Å². The molecule has 0 rings (SSSR count). The van der Waals surface area contributed by atoms with E-state index in [1.54, 1.807) is 0 Å². The van der Waals surface area contributed by atoms with Crippen molar-refractivity contribution in [2.24, 2.45) is 46.9 Å². The second-order valence-electron chi connectivity index (χ2n) is 1.00. The standard InChI is InChI=1S/CH3N11/c1-3-5-7-9-11-12-10-8-6-4-2/h1H3/b5-3?,9-7+,10-8+,12-11+. The molecule has 0 radical (unpaired) electrons. The normalized spacial score (nSPS) is 12.1. The van der Waals surface area contributed by atoms with Gasteiger partial charge in [-0.1, -0.05) is 0 Å². The number of nitrogens with zero attached hydrogens (tertiary/aromatic N) is 11. The van der Waals surface area contributed by atoms with Crippen LogP contribution >= 0.6 is 0 Å². The Kier molecular flexibility index (Phi) is 7.05. The maximum atomic E-state index is 7.70. The SMILES string of the molecule is CN=N/N=N/N=N/N=N/N=[N+]=[N-]. The Hall–Kier alpha value is -2.29. The molecule has 0 aliphatic carbocycles. The van der Waals surface area contributed by atoms with Gasteiger partial charge in [-0.15, -0.1) is 5.53 Å². The Morgan fingerprint density at radius 2 is 1.33 bits per heavy atom. The number of azide groups is 1. The number of hydrogen-bond acceptors (Lipinski definition) is 1. The minimum atomic E-state index is 1.41. The van der Waals surface area contributed by atoms with Crippen LogP contribution in [0, 0.1) is 0 Å². The summed E-state index contributed by atoms with van der Waals surface area (Å²) >= 11 is 0. The molecule has 0 aromatic heterocycles. The molecule has 0 aliphatic rings. The fraction of sp³-hybridized carbons (Fsp3) is 1.00. The van der Waals surface area contributed by atoms with Crippen molar-refractivity contribution in [1.82, 2.24) is 0 Å². The maximum Gasteiger partial charge on any atom is 0.124 e. The van der Waals surface area contributed by atoms with E-state index in [1.165, 1.54) is 7.05 Å². The van der Waals surface area contributed by atoms with E-state index in [1.807, 2.05) is 0 Å². The molecule has 0 aliphatic heterocycles. The molecule has 0 amide bonds. The maximum absolute atomic E-state index is 7.70. The molecule has 11 heteroatoms. The van der Waals surface area contributed by atoms with E-state index in [2.05, 4.69) is 51.8 Å². The zero-order valence-corrected chi connectivity index (χ0v) is 5.92. The zero-order valence-electron chi connectivity index (χ0n) is 5.92. The van der Waals surface area contributed by atoms with Crippen LogP contribution in [0.4, 0.5) is 0 Å². The average Bonchev–Trinajstić information content (AvgIpc) is 2.10. The van der Waals surface area contributed by atoms with Gasteiger partial charge in [-0.3, -0.25) is 0 Å². The largest absolute Gasteiger partial charge is 0.171 e. The van der Waals surface area contributed by atoms with Crippen molar-refractivity contribution in [3.8, 4) is 0 Å². The van der Waals surface area contributed by atoms with E-state index >= 15 is 0 Å². The molecule has 0 atom stereocenters. The summed E-state index contributed by atoms with van der Waals surface area (Å²) in [6, 6.07) is 0. The van der Waals surface area contributed by atoms with Gasteiger partial charge < -0.3 is 0 Å². The Balaban J connectivity index is 3.69. The molecule has 0 saturated heterocycles. The summed E-state index contributed by atoms with van der Waals surface area (Å²) < 4.78 is 0. The van der Waals surface area contributed by atoms with Crippen molar-refractivity contribution in [2.75, 3.05) is 7.05 Å². The van der Waals surface area contributed by atoms with Crippen LogP contribution in [0.5, 0.6) is 0 Å². The van der Waals surface area contributed by atoms with Gasteiger partial charge in [0.1, 0.15) is 10.4 Å². The molecule has 0 unspecified atom stereocenters. The predicted octanol–water partition coefficient (Wildman–Crippen LogP) is 2.40. The lowest BCUT2D eigenvalue weighted by molar-refractivity contribution is 0.786. The first-order valence-corrected chi connectivity index (χ1v) is 2.45. The first-order chi connectivity index (χ1) is 5.91. The van der Waals surface area contributed by atoms with Crippen molar-refractivity contribution < 1.29 is 0 Å². The van der Waals surface area contributed by atoms with Gasteiger partial charge in [-0.05, 0) is 15.7 Å². The molecule has 0 spiro atoms. The van der Waals surface area contributed by atoms with Crippen LogP contribution in [-0.2, 0) is 0 Å². The van der Waals surface area contributed by atoms with E-state index < -0.39 is 0 Å². The van der Waals surface area contributed by atoms with Gasteiger partial charge in [0.15, 0.2) is 0 Å². The fourth-order valence-corrected chi connectivity index (χ4v) is 0.165. The third kappa shape index (κ3) is 7.71. The van der Waals surface area contributed by atoms with E-state index in [0.717, 1.165) is 0 Å². The van der Waals surface area contributed by atoms with Crippen molar-refractivity contribution in [3.63, 3.8) is 0 Å². The molecule has 0 N–H and O–H groups in total. The van der Waals surface area contributed by atoms with Gasteiger partial charge >= 0.3 is 0 Å². The average molecular weight is 169 g/mol. The van der Waals surface area contributed by atoms with Gasteiger partial charge in [0.05, 0.1) is 12.3 Å². The molecule has 0 aromatic carbocycles. The lowest BCUT2D eigenvalue weighted by Crippen LogP contribution is -1.48. The lowest BCUT2D eigenvalue weighted by Gasteiger charge is -1.65. The van der Waals surface area contributed by atoms with E-state index in [0.29, 0.717) is 0 Å². The molecule has 0 bridgehead atoms. The van der Waals surface area contributed by atoms with Gasteiger partial charge in [0.25, 0.3) is 0 Å². The molecule has 62 valence electrons. The van der Waals surface area contributed by atoms with Gasteiger partial charge in [-0.2, -0.15) is 10.0 Å². The van der Waals surface area contributed by atoms with Crippen molar-refractivity contribution in [1.29, 1.82) is 0 Å². The molecule has 0 aromatic rings. The van der Waals surface area contributed by atoms with Crippen molar-refractivity contribution in [2.45, 2.75) is 0 Å². The summed E-state index contributed by atoms with van der Waals surface area (Å²) in [6.07, 6.45) is 0. The minimum absolute atomic E-state index is 1.41. The van der Waals surface area contributed by atoms with Crippen LogP contribution < -0.4 is 0 Å². The van der Waals surface area contributed by atoms with Crippen LogP contribution in [0.15, 0.2) is 46.9 Å². The van der Waals surface area contributed by atoms with E-state index in [9.17, 15) is 0 Å². The predicted molar refractivity (Wildman–Crippen MR) is 34.5 cm³/mol. The molecular formula is CH3N11. The topological polar surface area (TPSA) is 148 Å². The van der Waals surface area contributed by atoms with Crippen LogP contribution in [-0.4, -0.2) is 7.05 Å². The Labute approximate surface area is 65.5 Å². The summed E-state index contributed by atoms with van der Waals surface area (Å²) in [5, 5.41) is 26.6. The molecule has 0 heterocycles. The van der Waals surface area contributed by atoms with Gasteiger partial charge in [0.2, 0.25) is 0 Å². The Morgan fingerprint density at radius 3 is 1.83 bits per heavy atom. The highest BCUT2D eigenvalue weighted by Gasteiger charge is 1.69. The quantitative estimate of drug-likeness (QED) is 0.263. The first-order valence-electron chi connectivity index (χ1n) is 2.45. The summed E-state index contributed by atoms with van der Waals surface area (Å²) in [4.78, 5) is 2.26. The summed E-state index contributed by atoms with van der Waals surface area (Å²) in [6.45, 7) is 0. The zero-order chi connectivity index (χ0) is 9.07. The van der Waals surface area contributed by atoms with Crippen LogP contribution in [0.25, 0.3) is 10.4 Å². The molecule has 12 heavy (non-hydrogen) atoms. The molecule has 0 fully saturated rings. The third-order valence-corrected chi connectivity index (χ3v) is 0.409. The third-order valence-electron chi connectivity index (χ3n) is 0.409. The van der Waals surface area contributed by atoms with E-state index in [-0.39, 0.29) is 0 Å². The highest BCUT2D eigenvalue weighted by Crippen LogP contribution is 1.84.